The molecule has 1 fully saturated rings. The fourth-order valence-corrected chi connectivity index (χ4v) is 2.60. The second-order valence-electron chi connectivity index (χ2n) is 6.47. The van der Waals surface area contributed by atoms with Gasteiger partial charge < -0.3 is 10.1 Å². The summed E-state index contributed by atoms with van der Waals surface area (Å²) in [6.07, 6.45) is 2.38. The van der Waals surface area contributed by atoms with Gasteiger partial charge in [-0.15, -0.1) is 0 Å². The lowest BCUT2D eigenvalue weighted by molar-refractivity contribution is 0.225. The van der Waals surface area contributed by atoms with E-state index in [1.54, 1.807) is 12.1 Å². The van der Waals surface area contributed by atoms with Crippen molar-refractivity contribution in [2.75, 3.05) is 13.7 Å². The fraction of sp³-hybridized carbons (Fsp3) is 0.625. The summed E-state index contributed by atoms with van der Waals surface area (Å²) in [5.41, 5.74) is 1.25. The predicted octanol–water partition coefficient (Wildman–Crippen LogP) is 3.72. The first-order valence-corrected chi connectivity index (χ1v) is 6.99. The zero-order valence-corrected chi connectivity index (χ0v) is 12.3. The van der Waals surface area contributed by atoms with Crippen molar-refractivity contribution in [2.24, 2.45) is 5.92 Å². The Bertz CT molecular complexity index is 439. The highest BCUT2D eigenvalue weighted by molar-refractivity contribution is 5.32. The Labute approximate surface area is 115 Å². The van der Waals surface area contributed by atoms with E-state index in [9.17, 15) is 4.39 Å². The molecule has 0 aliphatic heterocycles. The summed E-state index contributed by atoms with van der Waals surface area (Å²) in [5.74, 6) is 1.17. The molecular weight excluding hydrogens is 241 g/mol. The smallest absolute Gasteiger partial charge is 0.165 e. The largest absolute Gasteiger partial charge is 0.494 e. The minimum Gasteiger partial charge on any atom is -0.494 e. The van der Waals surface area contributed by atoms with Crippen LogP contribution in [0.15, 0.2) is 18.2 Å². The summed E-state index contributed by atoms with van der Waals surface area (Å²) in [4.78, 5) is 0. The Morgan fingerprint density at radius 2 is 2.05 bits per heavy atom. The highest BCUT2D eigenvalue weighted by atomic mass is 19.1. The summed E-state index contributed by atoms with van der Waals surface area (Å²) >= 11 is 0. The highest BCUT2D eigenvalue weighted by Gasteiger charge is 2.32. The summed E-state index contributed by atoms with van der Waals surface area (Å²) in [5, 5.41) is 3.54. The van der Waals surface area contributed by atoms with Crippen LogP contribution in [0.2, 0.25) is 0 Å². The van der Waals surface area contributed by atoms with Gasteiger partial charge >= 0.3 is 0 Å². The zero-order chi connectivity index (χ0) is 14.0. The van der Waals surface area contributed by atoms with Gasteiger partial charge in [-0.2, -0.15) is 0 Å². The minimum absolute atomic E-state index is 0.144. The van der Waals surface area contributed by atoms with E-state index in [1.165, 1.54) is 13.5 Å². The quantitative estimate of drug-likeness (QED) is 0.896. The molecule has 2 nitrogen and oxygen atoms in total. The first-order valence-electron chi connectivity index (χ1n) is 6.99. The first kappa shape index (κ1) is 14.3. The molecule has 2 unspecified atom stereocenters. The normalized spacial score (nSPS) is 23.0. The van der Waals surface area contributed by atoms with Crippen LogP contribution in [0.5, 0.6) is 5.75 Å². The van der Waals surface area contributed by atoms with Crippen molar-refractivity contribution in [3.05, 3.63) is 29.6 Å². The topological polar surface area (TPSA) is 21.3 Å². The van der Waals surface area contributed by atoms with E-state index in [2.05, 4.69) is 26.1 Å². The number of halogens is 1. The van der Waals surface area contributed by atoms with Crippen molar-refractivity contribution < 1.29 is 9.13 Å². The van der Waals surface area contributed by atoms with Crippen molar-refractivity contribution in [2.45, 2.75) is 45.1 Å². The van der Waals surface area contributed by atoms with Crippen LogP contribution in [0.25, 0.3) is 0 Å². The monoisotopic (exact) mass is 265 g/mol. The third-order valence-electron chi connectivity index (χ3n) is 3.92. The van der Waals surface area contributed by atoms with Crippen molar-refractivity contribution in [3.63, 3.8) is 0 Å². The van der Waals surface area contributed by atoms with Gasteiger partial charge in [0.2, 0.25) is 0 Å². The van der Waals surface area contributed by atoms with Crippen molar-refractivity contribution >= 4 is 0 Å². The lowest BCUT2D eigenvalue weighted by Crippen LogP contribution is -2.42. The van der Waals surface area contributed by atoms with Crippen LogP contribution in [0.3, 0.4) is 0 Å². The van der Waals surface area contributed by atoms with Gasteiger partial charge in [-0.25, -0.2) is 4.39 Å². The average molecular weight is 265 g/mol. The predicted molar refractivity (Wildman–Crippen MR) is 76.2 cm³/mol. The molecule has 0 aromatic heterocycles. The molecule has 3 heteroatoms. The molecule has 1 aromatic carbocycles. The van der Waals surface area contributed by atoms with Crippen molar-refractivity contribution in [3.8, 4) is 5.75 Å². The molecule has 0 spiro atoms. The van der Waals surface area contributed by atoms with E-state index >= 15 is 0 Å². The maximum Gasteiger partial charge on any atom is 0.165 e. The lowest BCUT2D eigenvalue weighted by atomic mass is 9.70. The molecule has 1 aliphatic carbocycles. The van der Waals surface area contributed by atoms with Crippen molar-refractivity contribution in [1.29, 1.82) is 0 Å². The summed E-state index contributed by atoms with van der Waals surface area (Å²) in [6.45, 7) is 7.52. The van der Waals surface area contributed by atoms with Gasteiger partial charge in [-0.3, -0.25) is 0 Å². The van der Waals surface area contributed by atoms with Crippen LogP contribution in [0.1, 0.15) is 45.1 Å². The second kappa shape index (κ2) is 5.49. The van der Waals surface area contributed by atoms with Gasteiger partial charge in [0, 0.05) is 5.54 Å². The van der Waals surface area contributed by atoms with Gasteiger partial charge in [0.05, 0.1) is 7.11 Å². The van der Waals surface area contributed by atoms with E-state index < -0.39 is 0 Å². The Morgan fingerprint density at radius 3 is 2.53 bits per heavy atom. The van der Waals surface area contributed by atoms with Crippen LogP contribution in [0.4, 0.5) is 4.39 Å². The number of hydrogen-bond donors (Lipinski definition) is 1. The van der Waals surface area contributed by atoms with E-state index in [0.29, 0.717) is 17.6 Å². The van der Waals surface area contributed by atoms with Gasteiger partial charge in [0.1, 0.15) is 0 Å². The van der Waals surface area contributed by atoms with Crippen molar-refractivity contribution in [1.82, 2.24) is 5.32 Å². The van der Waals surface area contributed by atoms with Crippen LogP contribution in [0, 0.1) is 11.7 Å². The molecule has 1 N–H and O–H groups in total. The Kier molecular flexibility index (Phi) is 4.14. The molecule has 0 heterocycles. The highest BCUT2D eigenvalue weighted by Crippen LogP contribution is 2.43. The Balaban J connectivity index is 2.00. The van der Waals surface area contributed by atoms with Crippen LogP contribution in [-0.4, -0.2) is 19.2 Å². The van der Waals surface area contributed by atoms with Crippen LogP contribution < -0.4 is 10.1 Å². The maximum atomic E-state index is 13.7. The van der Waals surface area contributed by atoms with E-state index in [1.807, 2.05) is 6.07 Å². The standard InChI is InChI=1S/C16H24FNO/c1-16(2,3)18-10-12-5-7-13(12)11-6-8-15(19-4)14(17)9-11/h6,8-9,12-13,18H,5,7,10H2,1-4H3. The van der Waals surface area contributed by atoms with Gasteiger partial charge in [0.15, 0.2) is 11.6 Å². The SMILES string of the molecule is COc1ccc(C2CCC2CNC(C)(C)C)cc1F. The second-order valence-corrected chi connectivity index (χ2v) is 6.47. The number of hydrogen-bond acceptors (Lipinski definition) is 2. The molecule has 1 aromatic rings. The third-order valence-corrected chi connectivity index (χ3v) is 3.92. The molecule has 1 saturated carbocycles. The molecule has 2 rings (SSSR count). The van der Waals surface area contributed by atoms with Crippen LogP contribution >= 0.6 is 0 Å². The number of rotatable bonds is 4. The first-order chi connectivity index (χ1) is 8.90. The van der Waals surface area contributed by atoms with E-state index in [4.69, 9.17) is 4.74 Å². The number of methoxy groups -OCH3 is 1. The van der Waals surface area contributed by atoms with Gasteiger partial charge in [-0.05, 0) is 69.7 Å². The molecular formula is C16H24FNO. The van der Waals surface area contributed by atoms with E-state index in [-0.39, 0.29) is 11.4 Å². The molecule has 0 saturated heterocycles. The Morgan fingerprint density at radius 1 is 1.32 bits per heavy atom. The molecule has 2 atom stereocenters. The molecule has 0 radical (unpaired) electrons. The third kappa shape index (κ3) is 3.47. The molecule has 19 heavy (non-hydrogen) atoms. The van der Waals surface area contributed by atoms with Gasteiger partial charge in [0.25, 0.3) is 0 Å². The number of ether oxygens (including phenoxy) is 1. The average Bonchev–Trinajstić information content (AvgIpc) is 2.26. The maximum absolute atomic E-state index is 13.7. The molecule has 106 valence electrons. The lowest BCUT2D eigenvalue weighted by Gasteiger charge is -2.39. The van der Waals surface area contributed by atoms with Crippen LogP contribution in [-0.2, 0) is 0 Å². The van der Waals surface area contributed by atoms with Gasteiger partial charge in [-0.1, -0.05) is 6.07 Å². The van der Waals surface area contributed by atoms with E-state index in [0.717, 1.165) is 18.5 Å². The number of nitrogens with one attached hydrogen (secondary N) is 1. The molecule has 1 aliphatic rings. The zero-order valence-electron chi connectivity index (χ0n) is 12.3. The summed E-state index contributed by atoms with van der Waals surface area (Å²) in [6, 6.07) is 5.36. The number of benzene rings is 1. The summed E-state index contributed by atoms with van der Waals surface area (Å²) in [7, 11) is 1.50. The fourth-order valence-electron chi connectivity index (χ4n) is 2.60. The minimum atomic E-state index is -0.255. The molecule has 0 bridgehead atoms. The Hall–Kier alpha value is -1.09. The summed E-state index contributed by atoms with van der Waals surface area (Å²) < 4.78 is 18.7. The molecule has 0 amide bonds.